The summed E-state index contributed by atoms with van der Waals surface area (Å²) in [5, 5.41) is 20.3. The first-order valence-electron chi connectivity index (χ1n) is 10.5. The zero-order chi connectivity index (χ0) is 23.1. The summed E-state index contributed by atoms with van der Waals surface area (Å²) in [6, 6.07) is 14.1. The van der Waals surface area contributed by atoms with Crippen molar-refractivity contribution in [3.05, 3.63) is 69.8 Å². The molecule has 1 unspecified atom stereocenters. The lowest BCUT2D eigenvalue weighted by Gasteiger charge is -2.28. The number of hydrogen-bond acceptors (Lipinski definition) is 5. The fraction of sp³-hybridized carbons (Fsp3) is 0.391. The van der Waals surface area contributed by atoms with Gasteiger partial charge in [-0.3, -0.25) is 14.9 Å². The monoisotopic (exact) mass is 439 g/mol. The van der Waals surface area contributed by atoms with E-state index < -0.39 is 4.92 Å². The van der Waals surface area contributed by atoms with Crippen molar-refractivity contribution in [2.24, 2.45) is 4.99 Å². The third-order valence-corrected chi connectivity index (χ3v) is 4.77. The number of nitro benzene ring substituents is 1. The van der Waals surface area contributed by atoms with Crippen molar-refractivity contribution in [1.82, 2.24) is 16.0 Å². The van der Waals surface area contributed by atoms with Gasteiger partial charge in [-0.1, -0.05) is 30.3 Å². The highest BCUT2D eigenvalue weighted by atomic mass is 16.6. The zero-order valence-corrected chi connectivity index (χ0v) is 18.6. The standard InChI is InChI=1S/C23H29N5O4/c1-23(2,3)27-21(29)15-25-22(24-14-16-8-10-17(11-9-16)28(30)31)26-19-12-13-32-20-7-5-4-6-18(19)20/h4-11,19H,12-15H2,1-3H3,(H,27,29)(H2,24,25,26). The Hall–Kier alpha value is -3.62. The number of carbonyl (C=O) groups excluding carboxylic acids is 1. The number of ether oxygens (including phenoxy) is 1. The average molecular weight is 440 g/mol. The Labute approximate surface area is 187 Å². The van der Waals surface area contributed by atoms with Gasteiger partial charge in [0, 0.05) is 29.7 Å². The summed E-state index contributed by atoms with van der Waals surface area (Å²) in [5.74, 6) is 1.17. The maximum atomic E-state index is 12.3. The number of aliphatic imine (C=N–C) groups is 1. The maximum Gasteiger partial charge on any atom is 0.269 e. The van der Waals surface area contributed by atoms with E-state index in [-0.39, 0.29) is 29.7 Å². The molecule has 0 bridgehead atoms. The van der Waals surface area contributed by atoms with Crippen molar-refractivity contribution in [3.8, 4) is 5.75 Å². The molecule has 170 valence electrons. The third-order valence-electron chi connectivity index (χ3n) is 4.77. The van der Waals surface area contributed by atoms with E-state index in [2.05, 4.69) is 20.9 Å². The molecule has 2 aromatic rings. The number of guanidine groups is 1. The Bertz CT molecular complexity index is 983. The molecule has 1 amide bonds. The second-order valence-electron chi connectivity index (χ2n) is 8.61. The Morgan fingerprint density at radius 3 is 2.59 bits per heavy atom. The lowest BCUT2D eigenvalue weighted by molar-refractivity contribution is -0.384. The maximum absolute atomic E-state index is 12.3. The van der Waals surface area contributed by atoms with Crippen LogP contribution in [-0.4, -0.2) is 35.5 Å². The van der Waals surface area contributed by atoms with Gasteiger partial charge in [0.1, 0.15) is 5.75 Å². The smallest absolute Gasteiger partial charge is 0.269 e. The van der Waals surface area contributed by atoms with Crippen LogP contribution < -0.4 is 20.7 Å². The molecule has 0 aliphatic carbocycles. The lowest BCUT2D eigenvalue weighted by Crippen LogP contribution is -2.49. The molecular formula is C23H29N5O4. The molecule has 1 heterocycles. The predicted octanol–water partition coefficient (Wildman–Crippen LogP) is 3.07. The van der Waals surface area contributed by atoms with Gasteiger partial charge in [-0.05, 0) is 32.4 Å². The molecule has 1 aliphatic rings. The van der Waals surface area contributed by atoms with E-state index in [9.17, 15) is 14.9 Å². The molecule has 0 fully saturated rings. The molecular weight excluding hydrogens is 410 g/mol. The van der Waals surface area contributed by atoms with Crippen molar-refractivity contribution < 1.29 is 14.5 Å². The number of rotatable bonds is 6. The van der Waals surface area contributed by atoms with Crippen LogP contribution in [0.3, 0.4) is 0 Å². The van der Waals surface area contributed by atoms with Crippen LogP contribution >= 0.6 is 0 Å². The molecule has 9 nitrogen and oxygen atoms in total. The number of carbonyl (C=O) groups is 1. The zero-order valence-electron chi connectivity index (χ0n) is 18.6. The summed E-state index contributed by atoms with van der Waals surface area (Å²) in [5.41, 5.74) is 1.56. The Morgan fingerprint density at radius 2 is 1.91 bits per heavy atom. The minimum atomic E-state index is -0.433. The van der Waals surface area contributed by atoms with Gasteiger partial charge in [-0.25, -0.2) is 4.99 Å². The first-order chi connectivity index (χ1) is 15.2. The largest absolute Gasteiger partial charge is 0.493 e. The topological polar surface area (TPSA) is 118 Å². The second-order valence-corrected chi connectivity index (χ2v) is 8.61. The van der Waals surface area contributed by atoms with Crippen molar-refractivity contribution >= 4 is 17.6 Å². The van der Waals surface area contributed by atoms with Crippen LogP contribution in [0, 0.1) is 10.1 Å². The number of nitrogens with one attached hydrogen (secondary N) is 3. The van der Waals surface area contributed by atoms with Crippen LogP contribution in [-0.2, 0) is 11.3 Å². The highest BCUT2D eigenvalue weighted by molar-refractivity contribution is 5.87. The van der Waals surface area contributed by atoms with Gasteiger partial charge >= 0.3 is 0 Å². The number of nitro groups is 1. The molecule has 1 aliphatic heterocycles. The van der Waals surface area contributed by atoms with E-state index in [1.54, 1.807) is 12.1 Å². The fourth-order valence-electron chi connectivity index (χ4n) is 3.33. The fourth-order valence-corrected chi connectivity index (χ4v) is 3.33. The minimum Gasteiger partial charge on any atom is -0.493 e. The Balaban J connectivity index is 1.74. The normalized spacial score (nSPS) is 15.8. The number of benzene rings is 2. The van der Waals surface area contributed by atoms with Gasteiger partial charge in [-0.2, -0.15) is 0 Å². The molecule has 0 aromatic heterocycles. The highest BCUT2D eigenvalue weighted by Crippen LogP contribution is 2.31. The van der Waals surface area contributed by atoms with Gasteiger partial charge < -0.3 is 20.7 Å². The Kier molecular flexibility index (Phi) is 7.29. The van der Waals surface area contributed by atoms with Gasteiger partial charge in [0.05, 0.1) is 30.7 Å². The minimum absolute atomic E-state index is 0.0197. The SMILES string of the molecule is CC(C)(C)NC(=O)CNC(=NCc1ccc([N+](=O)[O-])cc1)NC1CCOc2ccccc21. The number of nitrogens with zero attached hydrogens (tertiary/aromatic N) is 2. The molecule has 1 atom stereocenters. The highest BCUT2D eigenvalue weighted by Gasteiger charge is 2.22. The van der Waals surface area contributed by atoms with E-state index in [1.165, 1.54) is 12.1 Å². The van der Waals surface area contributed by atoms with E-state index >= 15 is 0 Å². The first kappa shape index (κ1) is 23.1. The summed E-state index contributed by atoms with van der Waals surface area (Å²) >= 11 is 0. The van der Waals surface area contributed by atoms with E-state index in [4.69, 9.17) is 4.74 Å². The van der Waals surface area contributed by atoms with E-state index in [0.29, 0.717) is 19.1 Å². The summed E-state index contributed by atoms with van der Waals surface area (Å²) in [6.45, 7) is 6.71. The quantitative estimate of drug-likeness (QED) is 0.276. The van der Waals surface area contributed by atoms with Crippen molar-refractivity contribution in [3.63, 3.8) is 0 Å². The first-order valence-corrected chi connectivity index (χ1v) is 10.5. The molecule has 3 rings (SSSR count). The van der Waals surface area contributed by atoms with Crippen molar-refractivity contribution in [2.75, 3.05) is 13.2 Å². The van der Waals surface area contributed by atoms with Crippen LogP contribution in [0.2, 0.25) is 0 Å². The molecule has 2 aromatic carbocycles. The molecule has 0 saturated carbocycles. The van der Waals surface area contributed by atoms with Gasteiger partial charge in [0.2, 0.25) is 5.91 Å². The molecule has 0 radical (unpaired) electrons. The number of amides is 1. The van der Waals surface area contributed by atoms with Crippen LogP contribution in [0.25, 0.3) is 0 Å². The molecule has 0 saturated heterocycles. The molecule has 0 spiro atoms. The Morgan fingerprint density at radius 1 is 1.19 bits per heavy atom. The summed E-state index contributed by atoms with van der Waals surface area (Å²) in [4.78, 5) is 27.3. The number of para-hydroxylation sites is 1. The van der Waals surface area contributed by atoms with Crippen LogP contribution in [0.1, 0.15) is 44.4 Å². The van der Waals surface area contributed by atoms with Crippen molar-refractivity contribution in [2.45, 2.75) is 45.3 Å². The van der Waals surface area contributed by atoms with Gasteiger partial charge in [-0.15, -0.1) is 0 Å². The van der Waals surface area contributed by atoms with Crippen LogP contribution in [0.5, 0.6) is 5.75 Å². The predicted molar refractivity (Wildman–Crippen MR) is 123 cm³/mol. The van der Waals surface area contributed by atoms with E-state index in [1.807, 2.05) is 45.0 Å². The van der Waals surface area contributed by atoms with Gasteiger partial charge in [0.15, 0.2) is 5.96 Å². The average Bonchev–Trinajstić information content (AvgIpc) is 2.75. The van der Waals surface area contributed by atoms with Crippen LogP contribution in [0.15, 0.2) is 53.5 Å². The molecule has 32 heavy (non-hydrogen) atoms. The van der Waals surface area contributed by atoms with Crippen LogP contribution in [0.4, 0.5) is 5.69 Å². The van der Waals surface area contributed by atoms with E-state index in [0.717, 1.165) is 23.3 Å². The lowest BCUT2D eigenvalue weighted by atomic mass is 10.0. The molecule has 9 heteroatoms. The third kappa shape index (κ3) is 6.69. The summed E-state index contributed by atoms with van der Waals surface area (Å²) in [6.07, 6.45) is 0.753. The van der Waals surface area contributed by atoms with Crippen molar-refractivity contribution in [1.29, 1.82) is 0 Å². The summed E-state index contributed by atoms with van der Waals surface area (Å²) < 4.78 is 5.73. The number of hydrogen-bond donors (Lipinski definition) is 3. The summed E-state index contributed by atoms with van der Waals surface area (Å²) in [7, 11) is 0. The molecule has 3 N–H and O–H groups in total. The number of non-ortho nitro benzene ring substituents is 1. The van der Waals surface area contributed by atoms with Gasteiger partial charge in [0.25, 0.3) is 5.69 Å². The second kappa shape index (κ2) is 10.1. The number of fused-ring (bicyclic) bond motifs is 1.